The van der Waals surface area contributed by atoms with Crippen LogP contribution in [0.4, 0.5) is 20.2 Å². The van der Waals surface area contributed by atoms with Crippen molar-refractivity contribution in [3.05, 3.63) is 66.1 Å². The van der Waals surface area contributed by atoms with Crippen LogP contribution in [0.15, 0.2) is 53.9 Å². The molecule has 0 unspecified atom stereocenters. The lowest BCUT2D eigenvalue weighted by Crippen LogP contribution is -2.56. The number of hydrogen-bond donors (Lipinski definition) is 3. The number of nitrogens with one attached hydrogen (secondary N) is 2. The van der Waals surface area contributed by atoms with Gasteiger partial charge in [-0.05, 0) is 30.2 Å². The average molecular weight is 475 g/mol. The summed E-state index contributed by atoms with van der Waals surface area (Å²) in [6, 6.07) is 7.94. The Hall–Kier alpha value is -3.73. The summed E-state index contributed by atoms with van der Waals surface area (Å²) in [5, 5.41) is 6.64. The number of nitrogens with two attached hydrogens (primary N) is 1. The van der Waals surface area contributed by atoms with E-state index in [0.29, 0.717) is 30.6 Å². The maximum atomic E-state index is 15.2. The number of anilines is 2. The first-order valence-corrected chi connectivity index (χ1v) is 11.4. The highest BCUT2D eigenvalue weighted by atomic mass is 19.1. The minimum absolute atomic E-state index is 0.0302. The fourth-order valence-corrected chi connectivity index (χ4v) is 5.26. The molecule has 1 fully saturated rings. The number of aromatic nitrogens is 2. The standard InChI is InChI=1S/C24H24BF2N7O/c1-25-9-13-11-34(12-17(28)22(13)33-29)20-7-8-30-10-19(20)32-24(35)18-6-5-16(27)23(31-18)21-14(25)3-2-4-15(21)26/h2-8,10,13,17,22,29H,9,11-12,28H2,1H3,(H,32,35)/t13-,17+,22-/m0/s1. The number of pyridine rings is 2. The van der Waals surface area contributed by atoms with Gasteiger partial charge in [0.1, 0.15) is 23.0 Å². The van der Waals surface area contributed by atoms with E-state index in [1.54, 1.807) is 24.4 Å². The fraction of sp³-hybridized carbons (Fsp3) is 0.292. The lowest BCUT2D eigenvalue weighted by molar-refractivity contribution is 0.102. The van der Waals surface area contributed by atoms with E-state index in [2.05, 4.69) is 25.3 Å². The quantitative estimate of drug-likeness (QED) is 0.369. The van der Waals surface area contributed by atoms with E-state index in [1.165, 1.54) is 18.3 Å². The molecule has 4 bridgehead atoms. The van der Waals surface area contributed by atoms with Crippen LogP contribution >= 0.6 is 0 Å². The molecule has 8 nitrogen and oxygen atoms in total. The monoisotopic (exact) mass is 475 g/mol. The molecule has 2 aliphatic heterocycles. The highest BCUT2D eigenvalue weighted by Crippen LogP contribution is 2.33. The van der Waals surface area contributed by atoms with Gasteiger partial charge in [-0.25, -0.2) is 19.3 Å². The summed E-state index contributed by atoms with van der Waals surface area (Å²) in [6.45, 7) is 2.68. The Balaban J connectivity index is 1.72. The summed E-state index contributed by atoms with van der Waals surface area (Å²) in [6.07, 6.45) is 3.70. The predicted octanol–water partition coefficient (Wildman–Crippen LogP) is 3.18. The molecule has 3 atom stereocenters. The molecule has 0 spiro atoms. The SMILES string of the molecule is CB1C[C@H]2CN(C[C@@H](N)[C@H]2N=N)c2ccncc2NC(=O)c2ccc(F)c(n2)-c2c(F)cccc21. The van der Waals surface area contributed by atoms with Crippen molar-refractivity contribution in [2.75, 3.05) is 23.3 Å². The Morgan fingerprint density at radius 2 is 2.03 bits per heavy atom. The van der Waals surface area contributed by atoms with Crippen molar-refractivity contribution in [3.63, 3.8) is 0 Å². The van der Waals surface area contributed by atoms with Crippen LogP contribution < -0.4 is 21.4 Å². The second-order valence-corrected chi connectivity index (χ2v) is 9.16. The molecule has 1 aromatic carbocycles. The molecule has 5 rings (SSSR count). The van der Waals surface area contributed by atoms with Crippen LogP contribution in [-0.2, 0) is 0 Å². The van der Waals surface area contributed by atoms with E-state index in [9.17, 15) is 9.18 Å². The van der Waals surface area contributed by atoms with Gasteiger partial charge in [0.15, 0.2) is 6.71 Å². The number of amides is 1. The van der Waals surface area contributed by atoms with Crippen LogP contribution in [-0.4, -0.2) is 47.8 Å². The average Bonchev–Trinajstić information content (AvgIpc) is 2.84. The molecule has 3 aromatic rings. The summed E-state index contributed by atoms with van der Waals surface area (Å²) in [7, 11) is 0. The van der Waals surface area contributed by atoms with Crippen LogP contribution in [0.2, 0.25) is 13.1 Å². The van der Waals surface area contributed by atoms with E-state index >= 15 is 4.39 Å². The summed E-state index contributed by atoms with van der Waals surface area (Å²) >= 11 is 0. The second kappa shape index (κ2) is 9.14. The Morgan fingerprint density at radius 1 is 1.20 bits per heavy atom. The molecule has 0 aliphatic carbocycles. The van der Waals surface area contributed by atoms with Crippen LogP contribution in [0.1, 0.15) is 10.5 Å². The molecule has 1 saturated heterocycles. The highest BCUT2D eigenvalue weighted by molar-refractivity contribution is 6.73. The largest absolute Gasteiger partial charge is 0.368 e. The molecule has 35 heavy (non-hydrogen) atoms. The molecule has 4 N–H and O–H groups in total. The Labute approximate surface area is 201 Å². The van der Waals surface area contributed by atoms with Gasteiger partial charge < -0.3 is 16.0 Å². The third kappa shape index (κ3) is 4.16. The van der Waals surface area contributed by atoms with E-state index < -0.39 is 29.6 Å². The van der Waals surface area contributed by atoms with Gasteiger partial charge >= 0.3 is 0 Å². The van der Waals surface area contributed by atoms with Crippen molar-refractivity contribution < 1.29 is 13.6 Å². The molecule has 0 saturated carbocycles. The van der Waals surface area contributed by atoms with Crippen LogP contribution in [0.25, 0.3) is 11.3 Å². The third-order valence-electron chi connectivity index (χ3n) is 6.89. The van der Waals surface area contributed by atoms with Crippen molar-refractivity contribution in [1.82, 2.24) is 9.97 Å². The normalized spacial score (nSPS) is 21.9. The van der Waals surface area contributed by atoms with Crippen molar-refractivity contribution in [3.8, 4) is 11.3 Å². The number of halogens is 2. The van der Waals surface area contributed by atoms with Crippen molar-refractivity contribution in [1.29, 1.82) is 5.53 Å². The molecule has 2 aliphatic rings. The minimum Gasteiger partial charge on any atom is -0.368 e. The summed E-state index contributed by atoms with van der Waals surface area (Å²) < 4.78 is 30.1. The smallest absolute Gasteiger partial charge is 0.274 e. The topological polar surface area (TPSA) is 120 Å². The molecule has 4 heterocycles. The fourth-order valence-electron chi connectivity index (χ4n) is 5.26. The highest BCUT2D eigenvalue weighted by Gasteiger charge is 2.38. The summed E-state index contributed by atoms with van der Waals surface area (Å²) in [4.78, 5) is 23.6. The van der Waals surface area contributed by atoms with Gasteiger partial charge in [-0.1, -0.05) is 30.7 Å². The van der Waals surface area contributed by atoms with E-state index in [1.807, 2.05) is 6.82 Å². The maximum Gasteiger partial charge on any atom is 0.274 e. The number of hydrogen-bond acceptors (Lipinski definition) is 7. The zero-order valence-electron chi connectivity index (χ0n) is 19.1. The summed E-state index contributed by atoms with van der Waals surface area (Å²) in [5.41, 5.74) is 15.7. The van der Waals surface area contributed by atoms with Gasteiger partial charge in [0, 0.05) is 30.9 Å². The number of nitrogens with zero attached hydrogens (tertiary/aromatic N) is 4. The first-order valence-electron chi connectivity index (χ1n) is 11.4. The second-order valence-electron chi connectivity index (χ2n) is 9.16. The Bertz CT molecular complexity index is 1310. The summed E-state index contributed by atoms with van der Waals surface area (Å²) in [5.74, 6) is -2.05. The molecular formula is C24H24BF2N7O. The predicted molar refractivity (Wildman–Crippen MR) is 130 cm³/mol. The third-order valence-corrected chi connectivity index (χ3v) is 6.89. The van der Waals surface area contributed by atoms with Crippen molar-refractivity contribution >= 4 is 29.5 Å². The molecule has 2 aromatic heterocycles. The molecule has 0 radical (unpaired) electrons. The van der Waals surface area contributed by atoms with Crippen LogP contribution in [0.5, 0.6) is 0 Å². The van der Waals surface area contributed by atoms with Gasteiger partial charge in [-0.3, -0.25) is 9.78 Å². The maximum absolute atomic E-state index is 15.2. The zero-order valence-corrected chi connectivity index (χ0v) is 19.1. The first kappa shape index (κ1) is 23.0. The molecular weight excluding hydrogens is 451 g/mol. The van der Waals surface area contributed by atoms with Crippen LogP contribution in [0.3, 0.4) is 0 Å². The van der Waals surface area contributed by atoms with E-state index in [0.717, 1.165) is 11.8 Å². The van der Waals surface area contributed by atoms with Crippen LogP contribution in [0, 0.1) is 23.1 Å². The number of carbonyl (C=O) groups excluding carboxylic acids is 1. The number of carbonyl (C=O) groups is 1. The number of piperidine rings is 1. The van der Waals surface area contributed by atoms with Gasteiger partial charge in [0.05, 0.1) is 23.6 Å². The van der Waals surface area contributed by atoms with E-state index in [4.69, 9.17) is 11.3 Å². The van der Waals surface area contributed by atoms with Crippen molar-refractivity contribution in [2.24, 2.45) is 16.8 Å². The lowest BCUT2D eigenvalue weighted by Gasteiger charge is -2.42. The lowest BCUT2D eigenvalue weighted by atomic mass is 9.41. The number of fused-ring (bicyclic) bond motifs is 8. The minimum atomic E-state index is -0.723. The van der Waals surface area contributed by atoms with Gasteiger partial charge in [-0.2, -0.15) is 5.11 Å². The number of rotatable bonds is 1. The molecule has 11 heteroatoms. The van der Waals surface area contributed by atoms with Gasteiger partial charge in [0.2, 0.25) is 0 Å². The molecule has 178 valence electrons. The Morgan fingerprint density at radius 3 is 2.83 bits per heavy atom. The molecule has 1 amide bonds. The van der Waals surface area contributed by atoms with Gasteiger partial charge in [-0.15, -0.1) is 0 Å². The first-order chi connectivity index (χ1) is 16.9. The number of benzene rings is 1. The van der Waals surface area contributed by atoms with Gasteiger partial charge in [0.25, 0.3) is 5.91 Å². The van der Waals surface area contributed by atoms with E-state index in [-0.39, 0.29) is 29.6 Å². The zero-order chi connectivity index (χ0) is 24.7. The Kier molecular flexibility index (Phi) is 6.02. The van der Waals surface area contributed by atoms with Crippen molar-refractivity contribution in [2.45, 2.75) is 25.2 Å².